The average molecular weight is 263 g/mol. The van der Waals surface area contributed by atoms with Crippen molar-refractivity contribution >= 4 is 0 Å². The molecule has 4 saturated heterocycles. The van der Waals surface area contributed by atoms with Crippen LogP contribution >= 0.6 is 0 Å². The normalized spacial score (nSPS) is 38.5. The van der Waals surface area contributed by atoms with Crippen molar-refractivity contribution in [3.05, 3.63) is 11.7 Å². The minimum absolute atomic E-state index is 0.270. The number of fused-ring (bicyclic) bond motifs is 3. The highest BCUT2D eigenvalue weighted by atomic mass is 16.5. The van der Waals surface area contributed by atoms with E-state index < -0.39 is 0 Å². The zero-order valence-corrected chi connectivity index (χ0v) is 11.2. The fourth-order valence-electron chi connectivity index (χ4n) is 3.45. The topological polar surface area (TPSA) is 57.4 Å². The SMILES string of the molecule is C1CCC(c2nc(C3CN4CCN3CC4)no2)NC1. The summed E-state index contributed by atoms with van der Waals surface area (Å²) in [6, 6.07) is 0.606. The van der Waals surface area contributed by atoms with Crippen molar-refractivity contribution in [1.82, 2.24) is 25.3 Å². The highest BCUT2D eigenvalue weighted by Gasteiger charge is 2.36. The number of rotatable bonds is 2. The summed E-state index contributed by atoms with van der Waals surface area (Å²) in [5.74, 6) is 1.67. The monoisotopic (exact) mass is 263 g/mol. The second-order valence-corrected chi connectivity index (χ2v) is 5.85. The van der Waals surface area contributed by atoms with Gasteiger partial charge in [0.15, 0.2) is 5.82 Å². The van der Waals surface area contributed by atoms with Gasteiger partial charge in [0.25, 0.3) is 0 Å². The number of hydrogen-bond acceptors (Lipinski definition) is 6. The lowest BCUT2D eigenvalue weighted by Gasteiger charge is -2.46. The lowest BCUT2D eigenvalue weighted by molar-refractivity contribution is 0.00781. The van der Waals surface area contributed by atoms with Crippen LogP contribution in [0.15, 0.2) is 4.52 Å². The van der Waals surface area contributed by atoms with Gasteiger partial charge in [0.2, 0.25) is 5.89 Å². The molecule has 0 aliphatic carbocycles. The van der Waals surface area contributed by atoms with E-state index >= 15 is 0 Å². The molecule has 1 N–H and O–H groups in total. The highest BCUT2D eigenvalue weighted by Crippen LogP contribution is 2.28. The molecule has 0 radical (unpaired) electrons. The molecule has 4 fully saturated rings. The van der Waals surface area contributed by atoms with Crippen LogP contribution in [0.5, 0.6) is 0 Å². The molecule has 0 aromatic carbocycles. The highest BCUT2D eigenvalue weighted by molar-refractivity contribution is 5.03. The van der Waals surface area contributed by atoms with Crippen molar-refractivity contribution in [3.63, 3.8) is 0 Å². The molecule has 6 nitrogen and oxygen atoms in total. The first-order valence-electron chi connectivity index (χ1n) is 7.43. The van der Waals surface area contributed by atoms with Gasteiger partial charge < -0.3 is 9.84 Å². The molecular formula is C13H21N5O. The summed E-state index contributed by atoms with van der Waals surface area (Å²) in [6.45, 7) is 6.76. The van der Waals surface area contributed by atoms with Crippen LogP contribution in [0.25, 0.3) is 0 Å². The van der Waals surface area contributed by atoms with Crippen molar-refractivity contribution in [3.8, 4) is 0 Å². The lowest BCUT2D eigenvalue weighted by Crippen LogP contribution is -2.57. The summed E-state index contributed by atoms with van der Waals surface area (Å²) in [5.41, 5.74) is 0. The van der Waals surface area contributed by atoms with Gasteiger partial charge in [-0.05, 0) is 19.4 Å². The first kappa shape index (κ1) is 11.8. The Kier molecular flexibility index (Phi) is 3.01. The van der Waals surface area contributed by atoms with Crippen LogP contribution in [0.2, 0.25) is 0 Å². The first-order chi connectivity index (χ1) is 9.40. The third kappa shape index (κ3) is 2.17. The zero-order valence-electron chi connectivity index (χ0n) is 11.2. The van der Waals surface area contributed by atoms with E-state index in [4.69, 9.17) is 4.52 Å². The summed E-state index contributed by atoms with van der Waals surface area (Å²) < 4.78 is 5.50. The predicted molar refractivity (Wildman–Crippen MR) is 69.6 cm³/mol. The van der Waals surface area contributed by atoms with Gasteiger partial charge in [0, 0.05) is 32.7 Å². The van der Waals surface area contributed by atoms with Crippen molar-refractivity contribution < 1.29 is 4.52 Å². The third-order valence-corrected chi connectivity index (χ3v) is 4.64. The molecule has 4 aliphatic rings. The molecule has 5 rings (SSSR count). The van der Waals surface area contributed by atoms with Crippen molar-refractivity contribution in [2.75, 3.05) is 39.3 Å². The van der Waals surface area contributed by atoms with Gasteiger partial charge in [0.05, 0.1) is 12.1 Å². The average Bonchev–Trinajstić information content (AvgIpc) is 2.99. The number of nitrogens with one attached hydrogen (secondary N) is 1. The van der Waals surface area contributed by atoms with Gasteiger partial charge in [-0.15, -0.1) is 0 Å². The van der Waals surface area contributed by atoms with E-state index in [1.807, 2.05) is 0 Å². The maximum atomic E-state index is 5.50. The van der Waals surface area contributed by atoms with Crippen molar-refractivity contribution in [2.45, 2.75) is 31.3 Å². The molecule has 0 spiro atoms. The van der Waals surface area contributed by atoms with Crippen LogP contribution in [-0.2, 0) is 0 Å². The standard InChI is InChI=1S/C13H21N5O/c1-2-4-14-10(3-1)13-15-12(16-19-13)11-9-17-5-7-18(11)8-6-17/h10-11,14H,1-9H2. The van der Waals surface area contributed by atoms with E-state index in [2.05, 4.69) is 25.3 Å². The number of nitrogens with zero attached hydrogens (tertiary/aromatic N) is 4. The molecule has 2 unspecified atom stereocenters. The summed E-state index contributed by atoms with van der Waals surface area (Å²) in [4.78, 5) is 9.66. The Morgan fingerprint density at radius 1 is 1.16 bits per heavy atom. The smallest absolute Gasteiger partial charge is 0.243 e. The molecule has 2 atom stereocenters. The first-order valence-corrected chi connectivity index (χ1v) is 7.43. The lowest BCUT2D eigenvalue weighted by atomic mass is 10.0. The van der Waals surface area contributed by atoms with Gasteiger partial charge in [-0.2, -0.15) is 4.98 Å². The van der Waals surface area contributed by atoms with E-state index in [0.717, 1.165) is 44.3 Å². The molecule has 19 heavy (non-hydrogen) atoms. The van der Waals surface area contributed by atoms with Gasteiger partial charge in [-0.1, -0.05) is 11.6 Å². The number of piperazine rings is 3. The molecular weight excluding hydrogens is 242 g/mol. The summed E-state index contributed by atoms with van der Waals surface area (Å²) in [7, 11) is 0. The van der Waals surface area contributed by atoms with Gasteiger partial charge >= 0.3 is 0 Å². The Bertz CT molecular complexity index is 434. The van der Waals surface area contributed by atoms with E-state index in [0.29, 0.717) is 6.04 Å². The van der Waals surface area contributed by atoms with E-state index in [1.165, 1.54) is 25.9 Å². The van der Waals surface area contributed by atoms with Crippen LogP contribution in [0, 0.1) is 0 Å². The Balaban J connectivity index is 1.51. The maximum Gasteiger partial charge on any atom is 0.243 e. The molecule has 4 aliphatic heterocycles. The number of piperidine rings is 1. The molecule has 0 amide bonds. The molecule has 6 heteroatoms. The van der Waals surface area contributed by atoms with Crippen LogP contribution in [-0.4, -0.2) is 59.2 Å². The predicted octanol–water partition coefficient (Wildman–Crippen LogP) is 0.556. The third-order valence-electron chi connectivity index (χ3n) is 4.64. The Morgan fingerprint density at radius 3 is 2.74 bits per heavy atom. The molecule has 104 valence electrons. The number of hydrogen-bond donors (Lipinski definition) is 1. The van der Waals surface area contributed by atoms with Gasteiger partial charge in [-0.25, -0.2) is 0 Å². The quantitative estimate of drug-likeness (QED) is 0.841. The van der Waals surface area contributed by atoms with Crippen molar-refractivity contribution in [2.24, 2.45) is 0 Å². The second kappa shape index (κ2) is 4.85. The number of aromatic nitrogens is 2. The fraction of sp³-hybridized carbons (Fsp3) is 0.846. The van der Waals surface area contributed by atoms with Gasteiger partial charge in [0.1, 0.15) is 0 Å². The fourth-order valence-corrected chi connectivity index (χ4v) is 3.45. The molecule has 1 aromatic heterocycles. The Morgan fingerprint density at radius 2 is 2.05 bits per heavy atom. The Hall–Kier alpha value is -0.980. The summed E-state index contributed by atoms with van der Waals surface area (Å²) in [5, 5.41) is 7.70. The van der Waals surface area contributed by atoms with E-state index in [-0.39, 0.29) is 6.04 Å². The van der Waals surface area contributed by atoms with Crippen LogP contribution in [0.1, 0.15) is 43.1 Å². The second-order valence-electron chi connectivity index (χ2n) is 5.85. The largest absolute Gasteiger partial charge is 0.338 e. The Labute approximate surface area is 113 Å². The maximum absolute atomic E-state index is 5.50. The van der Waals surface area contributed by atoms with Crippen LogP contribution in [0.4, 0.5) is 0 Å². The molecule has 1 aromatic rings. The summed E-state index contributed by atoms with van der Waals surface area (Å²) >= 11 is 0. The zero-order chi connectivity index (χ0) is 12.7. The van der Waals surface area contributed by atoms with Crippen molar-refractivity contribution in [1.29, 1.82) is 0 Å². The molecule has 0 saturated carbocycles. The molecule has 5 heterocycles. The van der Waals surface area contributed by atoms with Crippen LogP contribution in [0.3, 0.4) is 0 Å². The minimum Gasteiger partial charge on any atom is -0.338 e. The molecule has 2 bridgehead atoms. The minimum atomic E-state index is 0.270. The van der Waals surface area contributed by atoms with E-state index in [1.54, 1.807) is 0 Å². The van der Waals surface area contributed by atoms with E-state index in [9.17, 15) is 0 Å². The van der Waals surface area contributed by atoms with Gasteiger partial charge in [-0.3, -0.25) is 9.80 Å². The summed E-state index contributed by atoms with van der Waals surface area (Å²) in [6.07, 6.45) is 3.61. The van der Waals surface area contributed by atoms with Crippen LogP contribution < -0.4 is 5.32 Å².